The Hall–Kier alpha value is -1.74. The Morgan fingerprint density at radius 1 is 1.38 bits per heavy atom. The van der Waals surface area contributed by atoms with Crippen LogP contribution in [0.5, 0.6) is 0 Å². The molecule has 0 aliphatic carbocycles. The summed E-state index contributed by atoms with van der Waals surface area (Å²) in [6.45, 7) is 3.43. The molecule has 6 heteroatoms. The zero-order chi connectivity index (χ0) is 17.3. The van der Waals surface area contributed by atoms with Crippen molar-refractivity contribution in [3.8, 4) is 0 Å². The average Bonchev–Trinajstić information content (AvgIpc) is 3.00. The first kappa shape index (κ1) is 17.1. The Labute approximate surface area is 156 Å². The van der Waals surface area contributed by atoms with E-state index in [1.165, 1.54) is 6.92 Å². The van der Waals surface area contributed by atoms with Gasteiger partial charge in [-0.1, -0.05) is 0 Å². The number of nitrogens with zero attached hydrogens (tertiary/aromatic N) is 2. The first-order valence-corrected chi connectivity index (χ1v) is 9.77. The third kappa shape index (κ3) is 3.10. The van der Waals surface area contributed by atoms with Crippen LogP contribution in [0, 0.1) is 0 Å². The number of hydrogen-bond acceptors (Lipinski definition) is 3. The Bertz CT molecular complexity index is 906. The zero-order valence-corrected chi connectivity index (χ0v) is 18.1. The number of aliphatic hydroxyl groups is 1. The van der Waals surface area contributed by atoms with Crippen molar-refractivity contribution in [2.75, 3.05) is 5.32 Å². The molecule has 0 spiro atoms. The SMILES string of the molecule is CCC(O)(c1c[n]([Tl])cn1)c1cccc2ccc(NC(C)=O)cc12. The number of anilines is 1. The van der Waals surface area contributed by atoms with Gasteiger partial charge in [-0.15, -0.1) is 0 Å². The average molecular weight is 513 g/mol. The van der Waals surface area contributed by atoms with E-state index in [1.807, 2.05) is 51.9 Å². The molecule has 0 fully saturated rings. The summed E-state index contributed by atoms with van der Waals surface area (Å²) in [5.41, 5.74) is 1.02. The van der Waals surface area contributed by atoms with Gasteiger partial charge in [0.15, 0.2) is 0 Å². The summed E-state index contributed by atoms with van der Waals surface area (Å²) in [5.74, 6) is -0.117. The standard InChI is InChI=1S/C18H19N3O2.Tl/c1-3-18(23,17-10-19-11-20-17)16-6-4-5-13-7-8-14(9-15(13)16)21-12(2)22;/h4-11,23H,3H2,1-2H3,(H2,19,20,21,22);/q;+1/p-1. The van der Waals surface area contributed by atoms with E-state index in [2.05, 4.69) is 10.3 Å². The Balaban J connectivity index is 2.21. The van der Waals surface area contributed by atoms with Crippen LogP contribution in [0.15, 0.2) is 48.9 Å². The van der Waals surface area contributed by atoms with Crippen molar-refractivity contribution in [1.82, 2.24) is 7.36 Å². The number of aromatic nitrogens is 2. The van der Waals surface area contributed by atoms with Crippen molar-refractivity contribution in [2.45, 2.75) is 25.9 Å². The van der Waals surface area contributed by atoms with Crippen LogP contribution in [0.2, 0.25) is 0 Å². The summed E-state index contributed by atoms with van der Waals surface area (Å²) < 4.78 is 1.99. The van der Waals surface area contributed by atoms with E-state index in [0.29, 0.717) is 38.2 Å². The van der Waals surface area contributed by atoms with Crippen LogP contribution in [-0.4, -0.2) is 44.4 Å². The molecule has 120 valence electrons. The molecule has 0 radical (unpaired) electrons. The molecule has 1 atom stereocenters. The van der Waals surface area contributed by atoms with Gasteiger partial charge in [0.25, 0.3) is 0 Å². The Morgan fingerprint density at radius 2 is 2.17 bits per heavy atom. The molecule has 0 aliphatic heterocycles. The first-order valence-electron chi connectivity index (χ1n) is 7.77. The van der Waals surface area contributed by atoms with E-state index >= 15 is 0 Å². The van der Waals surface area contributed by atoms with Crippen LogP contribution in [0.1, 0.15) is 31.5 Å². The predicted octanol–water partition coefficient (Wildman–Crippen LogP) is 2.57. The van der Waals surface area contributed by atoms with Gasteiger partial charge >= 0.3 is 157 Å². The number of carbonyl (C=O) groups excluding carboxylic acids is 1. The monoisotopic (exact) mass is 513 g/mol. The van der Waals surface area contributed by atoms with E-state index in [1.54, 1.807) is 6.33 Å². The molecule has 1 unspecified atom stereocenters. The first-order chi connectivity index (χ1) is 11.4. The van der Waals surface area contributed by atoms with Crippen molar-refractivity contribution in [3.63, 3.8) is 0 Å². The summed E-state index contributed by atoms with van der Waals surface area (Å²) in [6.07, 6.45) is 4.18. The van der Waals surface area contributed by atoms with E-state index in [4.69, 9.17) is 0 Å². The van der Waals surface area contributed by atoms with Crippen LogP contribution in [0.3, 0.4) is 0 Å². The third-order valence-corrected chi connectivity index (χ3v) is 5.28. The van der Waals surface area contributed by atoms with Gasteiger partial charge in [-0.2, -0.15) is 0 Å². The van der Waals surface area contributed by atoms with Gasteiger partial charge in [-0.25, -0.2) is 0 Å². The van der Waals surface area contributed by atoms with Crippen LogP contribution in [-0.2, 0) is 10.4 Å². The molecule has 2 N–H and O–H groups in total. The molecule has 2 aromatic carbocycles. The van der Waals surface area contributed by atoms with Crippen molar-refractivity contribution in [3.05, 3.63) is 60.2 Å². The van der Waals surface area contributed by atoms with Crippen LogP contribution >= 0.6 is 0 Å². The van der Waals surface area contributed by atoms with Gasteiger partial charge < -0.3 is 0 Å². The molecule has 5 nitrogen and oxygen atoms in total. The molecule has 0 saturated heterocycles. The molecule has 1 aromatic heterocycles. The second-order valence-corrected chi connectivity index (χ2v) is 8.16. The van der Waals surface area contributed by atoms with Crippen molar-refractivity contribution in [1.29, 1.82) is 0 Å². The normalized spacial score (nSPS) is 13.6. The summed E-state index contributed by atoms with van der Waals surface area (Å²) in [5, 5.41) is 16.1. The number of hydrogen-bond donors (Lipinski definition) is 2. The number of carbonyl (C=O) groups is 1. The molecule has 1 amide bonds. The number of imidazole rings is 1. The maximum absolute atomic E-state index is 11.4. The molecule has 1 heterocycles. The molecule has 24 heavy (non-hydrogen) atoms. The minimum absolute atomic E-state index is 0.117. The molecular weight excluding hydrogens is 495 g/mol. The zero-order valence-electron chi connectivity index (χ0n) is 13.7. The number of nitrogens with one attached hydrogen (secondary N) is 1. The fourth-order valence-corrected chi connectivity index (χ4v) is 3.78. The molecule has 0 saturated carbocycles. The van der Waals surface area contributed by atoms with Gasteiger partial charge in [0.2, 0.25) is 0 Å². The fourth-order valence-electron chi connectivity index (χ4n) is 2.97. The van der Waals surface area contributed by atoms with Gasteiger partial charge in [-0.05, 0) is 0 Å². The van der Waals surface area contributed by atoms with Crippen molar-refractivity contribution >= 4 is 48.4 Å². The van der Waals surface area contributed by atoms with Gasteiger partial charge in [-0.3, -0.25) is 0 Å². The number of fused-ring (bicyclic) bond motifs is 1. The Kier molecular flexibility index (Phi) is 4.73. The summed E-state index contributed by atoms with van der Waals surface area (Å²) in [4.78, 5) is 15.7. The Morgan fingerprint density at radius 3 is 2.79 bits per heavy atom. The molecule has 0 aliphatic rings. The topological polar surface area (TPSA) is 67.2 Å². The molecule has 3 rings (SSSR count). The summed E-state index contributed by atoms with van der Waals surface area (Å²) in [6, 6.07) is 11.6. The second kappa shape index (κ2) is 6.64. The number of rotatable bonds is 4. The molecule has 3 aromatic rings. The van der Waals surface area contributed by atoms with E-state index in [9.17, 15) is 9.90 Å². The second-order valence-electron chi connectivity index (χ2n) is 5.84. The fraction of sp³-hybridized carbons (Fsp3) is 0.222. The molecular formula is C18H18N3O2Tl. The summed E-state index contributed by atoms with van der Waals surface area (Å²) in [7, 11) is 0. The van der Waals surface area contributed by atoms with Crippen LogP contribution < -0.4 is 5.32 Å². The van der Waals surface area contributed by atoms with Crippen LogP contribution in [0.25, 0.3) is 10.8 Å². The number of benzene rings is 2. The van der Waals surface area contributed by atoms with E-state index < -0.39 is 5.60 Å². The van der Waals surface area contributed by atoms with Crippen molar-refractivity contribution < 1.29 is 9.90 Å². The summed E-state index contributed by atoms with van der Waals surface area (Å²) >= 11 is 0.608. The molecule has 0 bridgehead atoms. The quantitative estimate of drug-likeness (QED) is 0.528. The van der Waals surface area contributed by atoms with Gasteiger partial charge in [0, 0.05) is 0 Å². The predicted molar refractivity (Wildman–Crippen MR) is 94.9 cm³/mol. The van der Waals surface area contributed by atoms with Crippen molar-refractivity contribution in [2.24, 2.45) is 0 Å². The van der Waals surface area contributed by atoms with E-state index in [0.717, 1.165) is 22.0 Å². The van der Waals surface area contributed by atoms with Gasteiger partial charge in [0.1, 0.15) is 0 Å². The minimum atomic E-state index is -1.16. The van der Waals surface area contributed by atoms with E-state index in [-0.39, 0.29) is 5.91 Å². The number of amides is 1. The van der Waals surface area contributed by atoms with Crippen LogP contribution in [0.4, 0.5) is 5.69 Å². The third-order valence-electron chi connectivity index (χ3n) is 4.18. The maximum atomic E-state index is 11.4. The van der Waals surface area contributed by atoms with Gasteiger partial charge in [0.05, 0.1) is 0 Å².